The van der Waals surface area contributed by atoms with Crippen molar-refractivity contribution >= 4 is 11.5 Å². The smallest absolute Gasteiger partial charge is 0.267 e. The Morgan fingerprint density at radius 2 is 1.93 bits per heavy atom. The minimum atomic E-state index is -0.0903. The molecule has 0 amide bonds. The molecule has 142 valence electrons. The van der Waals surface area contributed by atoms with Crippen LogP contribution in [0.25, 0.3) is 11.5 Å². The predicted molar refractivity (Wildman–Crippen MR) is 101 cm³/mol. The van der Waals surface area contributed by atoms with Crippen LogP contribution in [0.4, 0.5) is 5.82 Å². The van der Waals surface area contributed by atoms with Gasteiger partial charge < -0.3 is 5.32 Å². The van der Waals surface area contributed by atoms with Crippen molar-refractivity contribution in [2.24, 2.45) is 0 Å². The lowest BCUT2D eigenvalue weighted by Gasteiger charge is -2.29. The first-order valence-corrected chi connectivity index (χ1v) is 9.28. The van der Waals surface area contributed by atoms with E-state index in [-0.39, 0.29) is 11.6 Å². The Morgan fingerprint density at radius 1 is 1.04 bits per heavy atom. The Kier molecular flexibility index (Phi) is 4.08. The molecule has 0 aromatic carbocycles. The van der Waals surface area contributed by atoms with E-state index in [1.54, 1.807) is 38.5 Å². The Bertz CT molecular complexity index is 1140. The number of hydrogen-bond acceptors (Lipinski definition) is 7. The Labute approximate surface area is 159 Å². The Balaban J connectivity index is 1.28. The SMILES string of the molecule is O=c1ccc(-n2cncn2)nn1C1CCC(Nc2ccc3nccn3n2)CC1. The van der Waals surface area contributed by atoms with Gasteiger partial charge >= 0.3 is 0 Å². The van der Waals surface area contributed by atoms with Gasteiger partial charge in [0.15, 0.2) is 11.5 Å². The molecular weight excluding hydrogens is 358 g/mol. The van der Waals surface area contributed by atoms with E-state index in [1.807, 2.05) is 18.3 Å². The summed E-state index contributed by atoms with van der Waals surface area (Å²) < 4.78 is 4.90. The number of aromatic nitrogens is 8. The second kappa shape index (κ2) is 6.87. The van der Waals surface area contributed by atoms with Gasteiger partial charge in [0.05, 0.1) is 6.04 Å². The van der Waals surface area contributed by atoms with Crippen LogP contribution in [0, 0.1) is 0 Å². The van der Waals surface area contributed by atoms with Crippen LogP contribution in [0.15, 0.2) is 54.1 Å². The maximum atomic E-state index is 12.3. The standard InChI is InChI=1S/C18H19N9O/c28-18-8-7-17(26-12-19-11-21-26)24-27(18)14-3-1-13(2-4-14)22-15-5-6-16-20-9-10-25(16)23-15/h5-14H,1-4H2,(H,22,23). The fraction of sp³-hybridized carbons (Fsp3) is 0.333. The highest BCUT2D eigenvalue weighted by Gasteiger charge is 2.24. The number of nitrogens with zero attached hydrogens (tertiary/aromatic N) is 8. The van der Waals surface area contributed by atoms with Crippen molar-refractivity contribution in [2.75, 3.05) is 5.32 Å². The average Bonchev–Trinajstić information content (AvgIpc) is 3.41. The minimum Gasteiger partial charge on any atom is -0.366 e. The van der Waals surface area contributed by atoms with Gasteiger partial charge in [-0.3, -0.25) is 4.79 Å². The molecule has 4 aromatic rings. The quantitative estimate of drug-likeness (QED) is 0.574. The van der Waals surface area contributed by atoms with E-state index in [0.717, 1.165) is 37.1 Å². The largest absolute Gasteiger partial charge is 0.366 e. The second-order valence-electron chi connectivity index (χ2n) is 6.91. The first kappa shape index (κ1) is 16.6. The molecule has 0 radical (unpaired) electrons. The van der Waals surface area contributed by atoms with Crippen molar-refractivity contribution in [1.82, 2.24) is 39.1 Å². The highest BCUT2D eigenvalue weighted by Crippen LogP contribution is 2.28. The lowest BCUT2D eigenvalue weighted by Crippen LogP contribution is -2.33. The van der Waals surface area contributed by atoms with E-state index in [4.69, 9.17) is 0 Å². The summed E-state index contributed by atoms with van der Waals surface area (Å²) in [6.07, 6.45) is 10.2. The van der Waals surface area contributed by atoms with Gasteiger partial charge in [-0.2, -0.15) is 5.10 Å². The molecule has 0 aliphatic heterocycles. The summed E-state index contributed by atoms with van der Waals surface area (Å²) in [6, 6.07) is 7.50. The van der Waals surface area contributed by atoms with Gasteiger partial charge in [-0.05, 0) is 43.9 Å². The molecule has 1 aliphatic rings. The highest BCUT2D eigenvalue weighted by molar-refractivity contribution is 5.44. The predicted octanol–water partition coefficient (Wildman–Crippen LogP) is 1.46. The zero-order chi connectivity index (χ0) is 18.9. The van der Waals surface area contributed by atoms with Crippen LogP contribution in [-0.4, -0.2) is 45.2 Å². The number of hydrogen-bond donors (Lipinski definition) is 1. The number of nitrogens with one attached hydrogen (secondary N) is 1. The minimum absolute atomic E-state index is 0.0816. The van der Waals surface area contributed by atoms with E-state index in [2.05, 4.69) is 30.6 Å². The molecule has 10 heteroatoms. The molecule has 0 spiro atoms. The molecule has 4 heterocycles. The van der Waals surface area contributed by atoms with Crippen molar-refractivity contribution in [2.45, 2.75) is 37.8 Å². The fourth-order valence-corrected chi connectivity index (χ4v) is 3.69. The summed E-state index contributed by atoms with van der Waals surface area (Å²) in [6.45, 7) is 0. The van der Waals surface area contributed by atoms with Gasteiger partial charge in [0.1, 0.15) is 18.5 Å². The van der Waals surface area contributed by atoms with Gasteiger partial charge in [0.25, 0.3) is 5.56 Å². The molecule has 0 atom stereocenters. The number of fused-ring (bicyclic) bond motifs is 1. The van der Waals surface area contributed by atoms with Gasteiger partial charge in [-0.1, -0.05) is 0 Å². The molecule has 5 rings (SSSR count). The maximum Gasteiger partial charge on any atom is 0.267 e. The molecule has 1 aliphatic carbocycles. The summed E-state index contributed by atoms with van der Waals surface area (Å²) in [4.78, 5) is 20.5. The van der Waals surface area contributed by atoms with Crippen LogP contribution in [0.1, 0.15) is 31.7 Å². The molecule has 0 bridgehead atoms. The Morgan fingerprint density at radius 3 is 2.75 bits per heavy atom. The van der Waals surface area contributed by atoms with Crippen LogP contribution >= 0.6 is 0 Å². The van der Waals surface area contributed by atoms with Crippen molar-refractivity contribution in [3.8, 4) is 5.82 Å². The topological polar surface area (TPSA) is 108 Å². The fourth-order valence-electron chi connectivity index (χ4n) is 3.69. The summed E-state index contributed by atoms with van der Waals surface area (Å²) in [7, 11) is 0. The van der Waals surface area contributed by atoms with Crippen LogP contribution in [0.3, 0.4) is 0 Å². The number of imidazole rings is 1. The first-order valence-electron chi connectivity index (χ1n) is 9.28. The van der Waals surface area contributed by atoms with Gasteiger partial charge in [0.2, 0.25) is 0 Å². The van der Waals surface area contributed by atoms with E-state index in [9.17, 15) is 4.79 Å². The van der Waals surface area contributed by atoms with E-state index >= 15 is 0 Å². The molecule has 1 N–H and O–H groups in total. The number of anilines is 1. The summed E-state index contributed by atoms with van der Waals surface area (Å²) in [5.41, 5.74) is 0.736. The van der Waals surface area contributed by atoms with Crippen LogP contribution in [-0.2, 0) is 0 Å². The van der Waals surface area contributed by atoms with Crippen LogP contribution in [0.5, 0.6) is 0 Å². The zero-order valence-electron chi connectivity index (χ0n) is 15.1. The van der Waals surface area contributed by atoms with Gasteiger partial charge in [0, 0.05) is 24.5 Å². The van der Waals surface area contributed by atoms with Crippen molar-refractivity contribution in [3.05, 3.63) is 59.7 Å². The molecule has 28 heavy (non-hydrogen) atoms. The third-order valence-electron chi connectivity index (χ3n) is 5.11. The molecule has 1 fully saturated rings. The summed E-state index contributed by atoms with van der Waals surface area (Å²) >= 11 is 0. The lowest BCUT2D eigenvalue weighted by atomic mass is 9.91. The molecule has 0 saturated heterocycles. The van der Waals surface area contributed by atoms with Crippen molar-refractivity contribution < 1.29 is 0 Å². The Hall–Kier alpha value is -3.56. The monoisotopic (exact) mass is 377 g/mol. The molecule has 10 nitrogen and oxygen atoms in total. The maximum absolute atomic E-state index is 12.3. The zero-order valence-corrected chi connectivity index (χ0v) is 15.1. The normalized spacial score (nSPS) is 19.7. The third kappa shape index (κ3) is 3.13. The van der Waals surface area contributed by atoms with E-state index < -0.39 is 0 Å². The third-order valence-corrected chi connectivity index (χ3v) is 5.11. The molecular formula is C18H19N9O. The molecule has 0 unspecified atom stereocenters. The van der Waals surface area contributed by atoms with Gasteiger partial charge in [-0.25, -0.2) is 23.8 Å². The highest BCUT2D eigenvalue weighted by atomic mass is 16.1. The number of rotatable bonds is 4. The summed E-state index contributed by atoms with van der Waals surface area (Å²) in [5.74, 6) is 1.42. The lowest BCUT2D eigenvalue weighted by molar-refractivity contribution is 0.302. The van der Waals surface area contributed by atoms with E-state index in [1.165, 1.54) is 6.33 Å². The van der Waals surface area contributed by atoms with Crippen LogP contribution < -0.4 is 10.9 Å². The first-order chi connectivity index (χ1) is 13.8. The van der Waals surface area contributed by atoms with Crippen molar-refractivity contribution in [1.29, 1.82) is 0 Å². The van der Waals surface area contributed by atoms with E-state index in [0.29, 0.717) is 11.9 Å². The average molecular weight is 377 g/mol. The molecule has 1 saturated carbocycles. The van der Waals surface area contributed by atoms with Crippen molar-refractivity contribution in [3.63, 3.8) is 0 Å². The second-order valence-corrected chi connectivity index (χ2v) is 6.91. The molecule has 4 aromatic heterocycles. The summed E-state index contributed by atoms with van der Waals surface area (Å²) in [5, 5.41) is 16.6. The van der Waals surface area contributed by atoms with Crippen LogP contribution in [0.2, 0.25) is 0 Å². The van der Waals surface area contributed by atoms with Gasteiger partial charge in [-0.15, -0.1) is 10.2 Å².